The molecule has 0 saturated heterocycles. The van der Waals surface area contributed by atoms with Crippen LogP contribution in [0.5, 0.6) is 0 Å². The second-order valence-corrected chi connectivity index (χ2v) is 3.07. The number of aromatic nitrogens is 2. The van der Waals surface area contributed by atoms with Gasteiger partial charge in [-0.2, -0.15) is 0 Å². The van der Waals surface area contributed by atoms with Gasteiger partial charge in [-0.3, -0.25) is 0 Å². The first-order valence-electron chi connectivity index (χ1n) is 3.96. The van der Waals surface area contributed by atoms with Crippen molar-refractivity contribution in [2.24, 2.45) is 0 Å². The van der Waals surface area contributed by atoms with Gasteiger partial charge in [0.1, 0.15) is 17.3 Å². The lowest BCUT2D eigenvalue weighted by Gasteiger charge is -2.11. The molecule has 1 rings (SSSR count). The lowest BCUT2D eigenvalue weighted by Crippen LogP contribution is -2.14. The van der Waals surface area contributed by atoms with Crippen molar-refractivity contribution in [2.45, 2.75) is 26.3 Å². The molecule has 0 bridgehead atoms. The standard InChI is InChI=1S/C8H12ClN3/c1-3-6(2)12-8-4-7(9)10-5-11-8/h4-6H,3H2,1-2H3,(H,10,11,12)/t6-/m1/s1. The van der Waals surface area contributed by atoms with Crippen LogP contribution in [0.1, 0.15) is 20.3 Å². The molecule has 0 unspecified atom stereocenters. The van der Waals surface area contributed by atoms with Crippen molar-refractivity contribution in [3.8, 4) is 0 Å². The van der Waals surface area contributed by atoms with Gasteiger partial charge in [-0.15, -0.1) is 0 Å². The van der Waals surface area contributed by atoms with E-state index >= 15 is 0 Å². The zero-order valence-electron chi connectivity index (χ0n) is 7.21. The van der Waals surface area contributed by atoms with Gasteiger partial charge in [0.2, 0.25) is 0 Å². The van der Waals surface area contributed by atoms with E-state index in [4.69, 9.17) is 11.6 Å². The van der Waals surface area contributed by atoms with Gasteiger partial charge in [-0.05, 0) is 13.3 Å². The summed E-state index contributed by atoms with van der Waals surface area (Å²) < 4.78 is 0. The van der Waals surface area contributed by atoms with E-state index in [0.29, 0.717) is 11.2 Å². The van der Waals surface area contributed by atoms with Crippen molar-refractivity contribution in [3.05, 3.63) is 17.5 Å². The van der Waals surface area contributed by atoms with E-state index in [-0.39, 0.29) is 0 Å². The molecule has 0 amide bonds. The topological polar surface area (TPSA) is 37.8 Å². The molecule has 0 aromatic carbocycles. The number of anilines is 1. The van der Waals surface area contributed by atoms with Crippen molar-refractivity contribution >= 4 is 17.4 Å². The molecule has 1 aromatic rings. The molecule has 0 aliphatic heterocycles. The highest BCUT2D eigenvalue weighted by molar-refractivity contribution is 6.29. The highest BCUT2D eigenvalue weighted by atomic mass is 35.5. The molecule has 0 saturated carbocycles. The highest BCUT2D eigenvalue weighted by Gasteiger charge is 1.99. The van der Waals surface area contributed by atoms with Gasteiger partial charge in [-0.25, -0.2) is 9.97 Å². The van der Waals surface area contributed by atoms with E-state index in [9.17, 15) is 0 Å². The molecular formula is C8H12ClN3. The van der Waals surface area contributed by atoms with Crippen molar-refractivity contribution in [1.82, 2.24) is 9.97 Å². The quantitative estimate of drug-likeness (QED) is 0.735. The number of hydrogen-bond acceptors (Lipinski definition) is 3. The van der Waals surface area contributed by atoms with E-state index in [1.54, 1.807) is 6.07 Å². The summed E-state index contributed by atoms with van der Waals surface area (Å²) in [4.78, 5) is 7.81. The minimum absolute atomic E-state index is 0.413. The molecular weight excluding hydrogens is 174 g/mol. The normalized spacial score (nSPS) is 12.6. The average molecular weight is 186 g/mol. The van der Waals surface area contributed by atoms with Crippen LogP contribution in [-0.2, 0) is 0 Å². The van der Waals surface area contributed by atoms with E-state index in [0.717, 1.165) is 12.2 Å². The third-order valence-electron chi connectivity index (χ3n) is 1.64. The largest absolute Gasteiger partial charge is 0.367 e. The summed E-state index contributed by atoms with van der Waals surface area (Å²) in [6, 6.07) is 2.13. The number of nitrogens with zero attached hydrogens (tertiary/aromatic N) is 2. The number of hydrogen-bond donors (Lipinski definition) is 1. The minimum atomic E-state index is 0.413. The summed E-state index contributed by atoms with van der Waals surface area (Å²) in [6.07, 6.45) is 2.51. The lowest BCUT2D eigenvalue weighted by atomic mass is 10.2. The van der Waals surface area contributed by atoms with Crippen LogP contribution in [0.4, 0.5) is 5.82 Å². The van der Waals surface area contributed by atoms with Crippen molar-refractivity contribution < 1.29 is 0 Å². The van der Waals surface area contributed by atoms with Crippen LogP contribution in [0.15, 0.2) is 12.4 Å². The number of nitrogens with one attached hydrogen (secondary N) is 1. The van der Waals surface area contributed by atoms with Crippen molar-refractivity contribution in [2.75, 3.05) is 5.32 Å². The summed E-state index contributed by atoms with van der Waals surface area (Å²) in [7, 11) is 0. The summed E-state index contributed by atoms with van der Waals surface area (Å²) in [5.41, 5.74) is 0. The van der Waals surface area contributed by atoms with Gasteiger partial charge in [0.25, 0.3) is 0 Å². The lowest BCUT2D eigenvalue weighted by molar-refractivity contribution is 0.758. The van der Waals surface area contributed by atoms with Crippen LogP contribution in [0.2, 0.25) is 5.15 Å². The van der Waals surface area contributed by atoms with E-state index in [1.807, 2.05) is 0 Å². The maximum atomic E-state index is 5.68. The predicted octanol–water partition coefficient (Wildman–Crippen LogP) is 2.34. The summed E-state index contributed by atoms with van der Waals surface area (Å²) >= 11 is 5.68. The zero-order valence-corrected chi connectivity index (χ0v) is 7.97. The highest BCUT2D eigenvalue weighted by Crippen LogP contribution is 2.10. The van der Waals surface area contributed by atoms with Crippen LogP contribution >= 0.6 is 11.6 Å². The first-order valence-corrected chi connectivity index (χ1v) is 4.34. The van der Waals surface area contributed by atoms with Gasteiger partial charge in [0.15, 0.2) is 0 Å². The Morgan fingerprint density at radius 2 is 2.33 bits per heavy atom. The van der Waals surface area contributed by atoms with Gasteiger partial charge in [-0.1, -0.05) is 18.5 Å². The minimum Gasteiger partial charge on any atom is -0.367 e. The molecule has 1 atom stereocenters. The third kappa shape index (κ3) is 2.66. The monoisotopic (exact) mass is 185 g/mol. The molecule has 4 heteroatoms. The number of halogens is 1. The Balaban J connectivity index is 2.63. The van der Waals surface area contributed by atoms with Crippen LogP contribution in [0, 0.1) is 0 Å². The number of rotatable bonds is 3. The second-order valence-electron chi connectivity index (χ2n) is 2.68. The smallest absolute Gasteiger partial charge is 0.134 e. The van der Waals surface area contributed by atoms with Crippen LogP contribution < -0.4 is 5.32 Å². The van der Waals surface area contributed by atoms with E-state index in [2.05, 4.69) is 29.1 Å². The van der Waals surface area contributed by atoms with Gasteiger partial charge in [0, 0.05) is 12.1 Å². The molecule has 0 aliphatic rings. The Morgan fingerprint density at radius 3 is 2.92 bits per heavy atom. The third-order valence-corrected chi connectivity index (χ3v) is 1.85. The Bertz CT molecular complexity index is 252. The summed E-state index contributed by atoms with van der Waals surface area (Å²) in [6.45, 7) is 4.20. The van der Waals surface area contributed by atoms with Crippen molar-refractivity contribution in [3.63, 3.8) is 0 Å². The molecule has 0 aliphatic carbocycles. The molecule has 0 spiro atoms. The Morgan fingerprint density at radius 1 is 1.58 bits per heavy atom. The Labute approximate surface area is 77.2 Å². The fourth-order valence-electron chi connectivity index (χ4n) is 0.767. The van der Waals surface area contributed by atoms with Crippen molar-refractivity contribution in [1.29, 1.82) is 0 Å². The van der Waals surface area contributed by atoms with Gasteiger partial charge < -0.3 is 5.32 Å². The fraction of sp³-hybridized carbons (Fsp3) is 0.500. The molecule has 66 valence electrons. The van der Waals surface area contributed by atoms with Gasteiger partial charge in [0.05, 0.1) is 0 Å². The summed E-state index contributed by atoms with van der Waals surface area (Å²) in [5.74, 6) is 0.782. The molecule has 0 fully saturated rings. The average Bonchev–Trinajstić information content (AvgIpc) is 2.04. The first-order chi connectivity index (χ1) is 5.72. The van der Waals surface area contributed by atoms with Crippen LogP contribution in [0.3, 0.4) is 0 Å². The van der Waals surface area contributed by atoms with E-state index < -0.39 is 0 Å². The maximum Gasteiger partial charge on any atom is 0.134 e. The SMILES string of the molecule is CC[C@@H](C)Nc1cc(Cl)ncn1. The maximum absolute atomic E-state index is 5.68. The Hall–Kier alpha value is -0.830. The summed E-state index contributed by atoms with van der Waals surface area (Å²) in [5, 5.41) is 3.67. The van der Waals surface area contributed by atoms with Gasteiger partial charge >= 0.3 is 0 Å². The van der Waals surface area contributed by atoms with E-state index in [1.165, 1.54) is 6.33 Å². The first kappa shape index (κ1) is 9.26. The molecule has 12 heavy (non-hydrogen) atoms. The molecule has 3 nitrogen and oxygen atoms in total. The zero-order chi connectivity index (χ0) is 8.97. The molecule has 0 radical (unpaired) electrons. The van der Waals surface area contributed by atoms with Crippen LogP contribution in [0.25, 0.3) is 0 Å². The predicted molar refractivity (Wildman–Crippen MR) is 50.4 cm³/mol. The molecule has 1 N–H and O–H groups in total. The second kappa shape index (κ2) is 4.26. The Kier molecular flexibility index (Phi) is 3.29. The fourth-order valence-corrected chi connectivity index (χ4v) is 0.914. The van der Waals surface area contributed by atoms with Crippen LogP contribution in [-0.4, -0.2) is 16.0 Å². The molecule has 1 aromatic heterocycles. The molecule has 1 heterocycles.